The molecule has 0 aromatic heterocycles. The van der Waals surface area contributed by atoms with Gasteiger partial charge in [-0.2, -0.15) is 0 Å². The summed E-state index contributed by atoms with van der Waals surface area (Å²) in [7, 11) is 0. The number of carbonyl (C=O) groups excluding carboxylic acids is 2. The van der Waals surface area contributed by atoms with Gasteiger partial charge >= 0.3 is 5.97 Å². The Kier molecular flexibility index (Phi) is 4.22. The number of hydrogen-bond acceptors (Lipinski definition) is 3. The summed E-state index contributed by atoms with van der Waals surface area (Å²) in [4.78, 5) is 36.7. The molecule has 0 radical (unpaired) electrons. The zero-order valence-electron chi connectivity index (χ0n) is 11.3. The lowest BCUT2D eigenvalue weighted by Crippen LogP contribution is -2.55. The first-order chi connectivity index (χ1) is 9.00. The van der Waals surface area contributed by atoms with E-state index < -0.39 is 12.0 Å². The van der Waals surface area contributed by atoms with E-state index in [4.69, 9.17) is 0 Å². The van der Waals surface area contributed by atoms with Gasteiger partial charge in [-0.3, -0.25) is 14.5 Å². The molecule has 0 spiro atoms. The summed E-state index contributed by atoms with van der Waals surface area (Å²) < 4.78 is 0. The van der Waals surface area contributed by atoms with E-state index in [-0.39, 0.29) is 36.5 Å². The molecule has 1 saturated carbocycles. The van der Waals surface area contributed by atoms with E-state index in [9.17, 15) is 19.5 Å². The molecule has 2 rings (SSSR count). The summed E-state index contributed by atoms with van der Waals surface area (Å²) >= 11 is 0. The second-order valence-corrected chi connectivity index (χ2v) is 5.85. The van der Waals surface area contributed by atoms with Crippen molar-refractivity contribution in [1.82, 2.24) is 4.90 Å². The number of amides is 2. The topological polar surface area (TPSA) is 74.7 Å². The number of likely N-dealkylation sites (tertiary alicyclic amines) is 1. The number of aliphatic carboxylic acids is 1. The molecule has 1 heterocycles. The van der Waals surface area contributed by atoms with Gasteiger partial charge in [-0.05, 0) is 24.7 Å². The molecule has 19 heavy (non-hydrogen) atoms. The van der Waals surface area contributed by atoms with Gasteiger partial charge in [0, 0.05) is 12.8 Å². The highest BCUT2D eigenvalue weighted by Gasteiger charge is 2.43. The fraction of sp³-hybridized carbons (Fsp3) is 0.786. The number of piperidine rings is 1. The summed E-state index contributed by atoms with van der Waals surface area (Å²) in [5.41, 5.74) is 0. The molecule has 0 aromatic rings. The summed E-state index contributed by atoms with van der Waals surface area (Å²) in [6.45, 7) is 1.85. The quantitative estimate of drug-likeness (QED) is 0.791. The number of nitrogens with zero attached hydrogens (tertiary/aromatic N) is 1. The van der Waals surface area contributed by atoms with Crippen LogP contribution in [0.2, 0.25) is 0 Å². The van der Waals surface area contributed by atoms with Crippen molar-refractivity contribution in [2.24, 2.45) is 11.8 Å². The van der Waals surface area contributed by atoms with E-state index >= 15 is 0 Å². The van der Waals surface area contributed by atoms with Gasteiger partial charge in [0.15, 0.2) is 0 Å². The van der Waals surface area contributed by atoms with Crippen LogP contribution in [0, 0.1) is 11.8 Å². The van der Waals surface area contributed by atoms with Crippen LogP contribution in [-0.4, -0.2) is 33.8 Å². The Morgan fingerprint density at radius 3 is 2.16 bits per heavy atom. The third-order valence-electron chi connectivity index (χ3n) is 4.21. The third-order valence-corrected chi connectivity index (χ3v) is 4.21. The number of imide groups is 1. The molecule has 2 fully saturated rings. The number of rotatable bonds is 3. The highest BCUT2D eigenvalue weighted by Crippen LogP contribution is 2.32. The van der Waals surface area contributed by atoms with Crippen molar-refractivity contribution in [2.75, 3.05) is 0 Å². The van der Waals surface area contributed by atoms with Crippen LogP contribution in [0.3, 0.4) is 0 Å². The van der Waals surface area contributed by atoms with Crippen LogP contribution in [0.1, 0.15) is 51.9 Å². The van der Waals surface area contributed by atoms with E-state index in [2.05, 4.69) is 0 Å². The summed E-state index contributed by atoms with van der Waals surface area (Å²) in [6, 6.07) is -0.951. The molecule has 1 aliphatic carbocycles. The van der Waals surface area contributed by atoms with Gasteiger partial charge < -0.3 is 5.11 Å². The first kappa shape index (κ1) is 14.0. The average molecular weight is 267 g/mol. The van der Waals surface area contributed by atoms with Crippen molar-refractivity contribution in [3.63, 3.8) is 0 Å². The molecule has 5 heteroatoms. The van der Waals surface area contributed by atoms with Crippen molar-refractivity contribution in [2.45, 2.75) is 57.9 Å². The highest BCUT2D eigenvalue weighted by molar-refractivity contribution is 6.01. The molecule has 0 bridgehead atoms. The normalized spacial score (nSPS) is 24.6. The maximum Gasteiger partial charge on any atom is 0.327 e. The molecule has 0 aromatic carbocycles. The molecule has 1 atom stereocenters. The fourth-order valence-electron chi connectivity index (χ4n) is 3.29. The molecule has 1 N–H and O–H groups in total. The van der Waals surface area contributed by atoms with Crippen molar-refractivity contribution < 1.29 is 19.5 Å². The molecule has 5 nitrogen and oxygen atoms in total. The lowest BCUT2D eigenvalue weighted by molar-refractivity contribution is -0.164. The molecular weight excluding hydrogens is 246 g/mol. The minimum atomic E-state index is -1.04. The Morgan fingerprint density at radius 2 is 1.68 bits per heavy atom. The van der Waals surface area contributed by atoms with Crippen molar-refractivity contribution in [1.29, 1.82) is 0 Å². The van der Waals surface area contributed by atoms with Gasteiger partial charge in [-0.15, -0.1) is 0 Å². The molecule has 1 saturated heterocycles. The number of carboxylic acid groups (broad SMARTS) is 1. The average Bonchev–Trinajstić information content (AvgIpc) is 2.34. The number of carboxylic acids is 1. The lowest BCUT2D eigenvalue weighted by Gasteiger charge is -2.37. The van der Waals surface area contributed by atoms with E-state index in [1.165, 1.54) is 0 Å². The van der Waals surface area contributed by atoms with E-state index in [1.54, 1.807) is 0 Å². The smallest absolute Gasteiger partial charge is 0.327 e. The van der Waals surface area contributed by atoms with Crippen molar-refractivity contribution in [3.05, 3.63) is 0 Å². The van der Waals surface area contributed by atoms with E-state index in [0.717, 1.165) is 37.0 Å². The minimum Gasteiger partial charge on any atom is -0.480 e. The van der Waals surface area contributed by atoms with Crippen LogP contribution in [0.5, 0.6) is 0 Å². The standard InChI is InChI=1S/C14H21NO4/c1-9-7-11(16)15(12(17)8-9)13(14(18)19)10-5-3-2-4-6-10/h9-10,13H,2-8H2,1H3,(H,18,19). The monoisotopic (exact) mass is 267 g/mol. The Morgan fingerprint density at radius 1 is 1.16 bits per heavy atom. The molecule has 106 valence electrons. The zero-order valence-corrected chi connectivity index (χ0v) is 11.3. The predicted molar refractivity (Wildman–Crippen MR) is 68.2 cm³/mol. The zero-order chi connectivity index (χ0) is 14.0. The Labute approximate surface area is 113 Å². The second-order valence-electron chi connectivity index (χ2n) is 5.85. The molecule has 1 unspecified atom stereocenters. The Hall–Kier alpha value is -1.39. The second kappa shape index (κ2) is 5.72. The fourth-order valence-corrected chi connectivity index (χ4v) is 3.29. The van der Waals surface area contributed by atoms with Crippen molar-refractivity contribution in [3.8, 4) is 0 Å². The van der Waals surface area contributed by atoms with Crippen LogP contribution in [-0.2, 0) is 14.4 Å². The van der Waals surface area contributed by atoms with Gasteiger partial charge in [0.1, 0.15) is 6.04 Å². The van der Waals surface area contributed by atoms with Gasteiger partial charge in [0.05, 0.1) is 0 Å². The van der Waals surface area contributed by atoms with Gasteiger partial charge in [-0.1, -0.05) is 26.2 Å². The van der Waals surface area contributed by atoms with E-state index in [1.807, 2.05) is 6.92 Å². The first-order valence-electron chi connectivity index (χ1n) is 7.08. The van der Waals surface area contributed by atoms with Gasteiger partial charge in [-0.25, -0.2) is 4.79 Å². The summed E-state index contributed by atoms with van der Waals surface area (Å²) in [6.07, 6.45) is 5.24. The third kappa shape index (κ3) is 2.96. The number of hydrogen-bond donors (Lipinski definition) is 1. The minimum absolute atomic E-state index is 0.0250. The predicted octanol–water partition coefficient (Wildman–Crippen LogP) is 1.80. The maximum atomic E-state index is 12.0. The Balaban J connectivity index is 2.20. The van der Waals surface area contributed by atoms with E-state index in [0.29, 0.717) is 0 Å². The van der Waals surface area contributed by atoms with Crippen LogP contribution >= 0.6 is 0 Å². The molecule has 2 amide bonds. The largest absolute Gasteiger partial charge is 0.480 e. The van der Waals surface area contributed by atoms with Crippen LogP contribution < -0.4 is 0 Å². The summed E-state index contributed by atoms with van der Waals surface area (Å²) in [5, 5.41) is 9.43. The maximum absolute atomic E-state index is 12.0. The molecule has 2 aliphatic rings. The Bertz CT molecular complexity index is 369. The molecule has 1 aliphatic heterocycles. The SMILES string of the molecule is CC1CC(=O)N(C(C(=O)O)C2CCCCC2)C(=O)C1. The summed E-state index contributed by atoms with van der Waals surface area (Å²) in [5.74, 6) is -1.73. The first-order valence-corrected chi connectivity index (χ1v) is 7.08. The van der Waals surface area contributed by atoms with Gasteiger partial charge in [0.2, 0.25) is 11.8 Å². The van der Waals surface area contributed by atoms with Gasteiger partial charge in [0.25, 0.3) is 0 Å². The number of carbonyl (C=O) groups is 3. The highest BCUT2D eigenvalue weighted by atomic mass is 16.4. The van der Waals surface area contributed by atoms with Crippen LogP contribution in [0.4, 0.5) is 0 Å². The lowest BCUT2D eigenvalue weighted by atomic mass is 9.82. The molecular formula is C14H21NO4. The van der Waals surface area contributed by atoms with Crippen LogP contribution in [0.25, 0.3) is 0 Å². The van der Waals surface area contributed by atoms with Crippen LogP contribution in [0.15, 0.2) is 0 Å². The van der Waals surface area contributed by atoms with Crippen molar-refractivity contribution >= 4 is 17.8 Å².